The zero-order valence-corrected chi connectivity index (χ0v) is 11.4. The molecular formula is C12H26N2S. The highest BCUT2D eigenvalue weighted by Gasteiger charge is 2.16. The standard InChI is InChI=1S/C12H26N2S/c1-10(8-14-12(2,3)4)13-9-11-6-5-7-15-11/h10-11,13-14H,5-9H2,1-4H3. The summed E-state index contributed by atoms with van der Waals surface area (Å²) in [7, 11) is 0. The van der Waals surface area contributed by atoms with Crippen molar-refractivity contribution >= 4 is 11.8 Å². The summed E-state index contributed by atoms with van der Waals surface area (Å²) in [6.45, 7) is 11.1. The fourth-order valence-corrected chi connectivity index (χ4v) is 2.88. The summed E-state index contributed by atoms with van der Waals surface area (Å²) in [5.74, 6) is 1.36. The lowest BCUT2D eigenvalue weighted by Gasteiger charge is -2.24. The van der Waals surface area contributed by atoms with Gasteiger partial charge >= 0.3 is 0 Å². The van der Waals surface area contributed by atoms with Gasteiger partial charge in [0.05, 0.1) is 0 Å². The number of thioether (sulfide) groups is 1. The van der Waals surface area contributed by atoms with E-state index in [1.54, 1.807) is 0 Å². The lowest BCUT2D eigenvalue weighted by atomic mass is 10.1. The van der Waals surface area contributed by atoms with Gasteiger partial charge in [-0.15, -0.1) is 0 Å². The molecule has 2 N–H and O–H groups in total. The molecule has 1 fully saturated rings. The zero-order chi connectivity index (χ0) is 11.3. The Bertz CT molecular complexity index is 171. The molecule has 1 saturated heterocycles. The fourth-order valence-electron chi connectivity index (χ4n) is 1.67. The largest absolute Gasteiger partial charge is 0.312 e. The van der Waals surface area contributed by atoms with Crippen molar-refractivity contribution in [3.05, 3.63) is 0 Å². The minimum absolute atomic E-state index is 0.234. The molecule has 1 aliphatic rings. The highest BCUT2D eigenvalue weighted by molar-refractivity contribution is 8.00. The Balaban J connectivity index is 2.05. The first kappa shape index (κ1) is 13.3. The monoisotopic (exact) mass is 230 g/mol. The van der Waals surface area contributed by atoms with Crippen molar-refractivity contribution in [1.82, 2.24) is 10.6 Å². The Morgan fingerprint density at radius 2 is 2.13 bits per heavy atom. The average Bonchev–Trinajstić information content (AvgIpc) is 2.62. The predicted molar refractivity (Wildman–Crippen MR) is 70.7 cm³/mol. The summed E-state index contributed by atoms with van der Waals surface area (Å²) in [5, 5.41) is 8.00. The Kier molecular flexibility index (Phi) is 5.44. The van der Waals surface area contributed by atoms with Gasteiger partial charge in [0, 0.05) is 29.9 Å². The van der Waals surface area contributed by atoms with Crippen LogP contribution in [0.3, 0.4) is 0 Å². The van der Waals surface area contributed by atoms with Crippen LogP contribution >= 0.6 is 11.8 Å². The van der Waals surface area contributed by atoms with Gasteiger partial charge in [-0.25, -0.2) is 0 Å². The maximum absolute atomic E-state index is 3.61. The molecule has 0 aromatic rings. The summed E-state index contributed by atoms with van der Waals surface area (Å²) < 4.78 is 0. The van der Waals surface area contributed by atoms with Crippen LogP contribution in [-0.2, 0) is 0 Å². The second kappa shape index (κ2) is 6.12. The molecule has 15 heavy (non-hydrogen) atoms. The van der Waals surface area contributed by atoms with Crippen LogP contribution in [0.4, 0.5) is 0 Å². The average molecular weight is 230 g/mol. The molecule has 1 heterocycles. The van der Waals surface area contributed by atoms with Crippen molar-refractivity contribution in [3.8, 4) is 0 Å². The molecule has 2 unspecified atom stereocenters. The molecule has 0 saturated carbocycles. The summed E-state index contributed by atoms with van der Waals surface area (Å²) >= 11 is 2.13. The van der Waals surface area contributed by atoms with Gasteiger partial charge in [-0.2, -0.15) is 11.8 Å². The first-order valence-electron chi connectivity index (χ1n) is 6.07. The molecule has 3 heteroatoms. The van der Waals surface area contributed by atoms with E-state index in [0.29, 0.717) is 6.04 Å². The van der Waals surface area contributed by atoms with E-state index in [2.05, 4.69) is 50.1 Å². The van der Waals surface area contributed by atoms with Gasteiger partial charge in [-0.3, -0.25) is 0 Å². The lowest BCUT2D eigenvalue weighted by molar-refractivity contribution is 0.387. The minimum Gasteiger partial charge on any atom is -0.312 e. The van der Waals surface area contributed by atoms with Crippen molar-refractivity contribution in [2.24, 2.45) is 0 Å². The van der Waals surface area contributed by atoms with E-state index in [1.165, 1.54) is 25.1 Å². The second-order valence-electron chi connectivity index (χ2n) is 5.58. The van der Waals surface area contributed by atoms with Gasteiger partial charge in [-0.1, -0.05) is 0 Å². The van der Waals surface area contributed by atoms with Crippen molar-refractivity contribution in [3.63, 3.8) is 0 Å². The molecule has 0 spiro atoms. The first-order chi connectivity index (χ1) is 6.97. The van der Waals surface area contributed by atoms with Crippen LogP contribution in [0.15, 0.2) is 0 Å². The van der Waals surface area contributed by atoms with Gasteiger partial charge in [0.2, 0.25) is 0 Å². The first-order valence-corrected chi connectivity index (χ1v) is 7.12. The van der Waals surface area contributed by atoms with Crippen molar-refractivity contribution < 1.29 is 0 Å². The van der Waals surface area contributed by atoms with Crippen LogP contribution in [0.5, 0.6) is 0 Å². The van der Waals surface area contributed by atoms with E-state index in [0.717, 1.165) is 11.8 Å². The predicted octanol–water partition coefficient (Wildman–Crippen LogP) is 2.25. The van der Waals surface area contributed by atoms with Gasteiger partial charge in [0.1, 0.15) is 0 Å². The maximum atomic E-state index is 3.61. The zero-order valence-electron chi connectivity index (χ0n) is 10.6. The van der Waals surface area contributed by atoms with Crippen molar-refractivity contribution in [2.75, 3.05) is 18.8 Å². The normalized spacial score (nSPS) is 24.4. The molecule has 1 aliphatic heterocycles. The van der Waals surface area contributed by atoms with E-state index in [9.17, 15) is 0 Å². The number of hydrogen-bond acceptors (Lipinski definition) is 3. The summed E-state index contributed by atoms with van der Waals surface area (Å²) in [6.07, 6.45) is 2.81. The van der Waals surface area contributed by atoms with E-state index in [4.69, 9.17) is 0 Å². The lowest BCUT2D eigenvalue weighted by Crippen LogP contribution is -2.45. The fraction of sp³-hybridized carbons (Fsp3) is 1.00. The van der Waals surface area contributed by atoms with Crippen LogP contribution < -0.4 is 10.6 Å². The molecule has 0 aliphatic carbocycles. The number of hydrogen-bond donors (Lipinski definition) is 2. The second-order valence-corrected chi connectivity index (χ2v) is 6.98. The van der Waals surface area contributed by atoms with Crippen LogP contribution in [0.25, 0.3) is 0 Å². The summed E-state index contributed by atoms with van der Waals surface area (Å²) in [6, 6.07) is 0.574. The summed E-state index contributed by atoms with van der Waals surface area (Å²) in [5.41, 5.74) is 0.234. The molecule has 2 nitrogen and oxygen atoms in total. The molecule has 0 amide bonds. The van der Waals surface area contributed by atoms with E-state index >= 15 is 0 Å². The molecule has 0 radical (unpaired) electrons. The molecule has 2 atom stereocenters. The van der Waals surface area contributed by atoms with Gasteiger partial charge in [0.25, 0.3) is 0 Å². The quantitative estimate of drug-likeness (QED) is 0.757. The van der Waals surface area contributed by atoms with Crippen LogP contribution in [0.2, 0.25) is 0 Å². The van der Waals surface area contributed by atoms with E-state index < -0.39 is 0 Å². The van der Waals surface area contributed by atoms with Gasteiger partial charge in [0.15, 0.2) is 0 Å². The van der Waals surface area contributed by atoms with Crippen LogP contribution in [0, 0.1) is 0 Å². The third kappa shape index (κ3) is 6.44. The number of rotatable bonds is 5. The SMILES string of the molecule is CC(CNC(C)(C)C)NCC1CCCS1. The molecule has 0 aromatic heterocycles. The number of nitrogens with one attached hydrogen (secondary N) is 2. The molecular weight excluding hydrogens is 204 g/mol. The third-order valence-corrected chi connectivity index (χ3v) is 4.05. The molecule has 0 bridgehead atoms. The van der Waals surface area contributed by atoms with Crippen molar-refractivity contribution in [2.45, 2.75) is 57.4 Å². The van der Waals surface area contributed by atoms with Gasteiger partial charge < -0.3 is 10.6 Å². The van der Waals surface area contributed by atoms with Crippen LogP contribution in [-0.4, -0.2) is 35.7 Å². The Morgan fingerprint density at radius 1 is 1.40 bits per heavy atom. The van der Waals surface area contributed by atoms with Crippen LogP contribution in [0.1, 0.15) is 40.5 Å². The highest BCUT2D eigenvalue weighted by Crippen LogP contribution is 2.25. The maximum Gasteiger partial charge on any atom is 0.0172 e. The van der Waals surface area contributed by atoms with Crippen molar-refractivity contribution in [1.29, 1.82) is 0 Å². The molecule has 90 valence electrons. The summed E-state index contributed by atoms with van der Waals surface area (Å²) in [4.78, 5) is 0. The topological polar surface area (TPSA) is 24.1 Å². The minimum atomic E-state index is 0.234. The van der Waals surface area contributed by atoms with Gasteiger partial charge in [-0.05, 0) is 46.3 Å². The Labute approximate surface area is 99.0 Å². The third-order valence-electron chi connectivity index (χ3n) is 2.66. The molecule has 1 rings (SSSR count). The van der Waals surface area contributed by atoms with E-state index in [1.807, 2.05) is 0 Å². The Hall–Kier alpha value is 0.270. The molecule has 0 aromatic carbocycles. The highest BCUT2D eigenvalue weighted by atomic mass is 32.2. The van der Waals surface area contributed by atoms with E-state index in [-0.39, 0.29) is 5.54 Å². The smallest absolute Gasteiger partial charge is 0.0172 e. The Morgan fingerprint density at radius 3 is 2.67 bits per heavy atom.